The summed E-state index contributed by atoms with van der Waals surface area (Å²) >= 11 is 1.62. The average Bonchev–Trinajstić information content (AvgIpc) is 3.14. The maximum atomic E-state index is 11.8. The van der Waals surface area contributed by atoms with Gasteiger partial charge < -0.3 is 10.1 Å². The van der Waals surface area contributed by atoms with Gasteiger partial charge in [0, 0.05) is 32.3 Å². The van der Waals surface area contributed by atoms with Gasteiger partial charge in [0.05, 0.1) is 13.2 Å². The molecule has 0 radical (unpaired) electrons. The maximum absolute atomic E-state index is 11.8. The second kappa shape index (κ2) is 8.78. The second-order valence-electron chi connectivity index (χ2n) is 5.81. The molecule has 4 nitrogen and oxygen atoms in total. The fraction of sp³-hybridized carbons (Fsp3) is 0.316. The van der Waals surface area contributed by atoms with E-state index in [-0.39, 0.29) is 5.91 Å². The van der Waals surface area contributed by atoms with E-state index >= 15 is 0 Å². The molecule has 1 aliphatic rings. The lowest BCUT2D eigenvalue weighted by Crippen LogP contribution is -2.35. The van der Waals surface area contributed by atoms with Crippen LogP contribution in [-0.2, 0) is 22.6 Å². The van der Waals surface area contributed by atoms with Crippen molar-refractivity contribution in [2.45, 2.75) is 13.1 Å². The molecule has 1 aromatic heterocycles. The fourth-order valence-corrected chi connectivity index (χ4v) is 3.20. The van der Waals surface area contributed by atoms with Crippen molar-refractivity contribution in [3.8, 4) is 0 Å². The standard InChI is InChI=1S/C19H22N2O2S/c22-19(6-5-18-7-12-24-15-18)20-13-16-1-3-17(4-2-16)14-21-8-10-23-11-9-21/h1-7,12,15H,8-11,13-14H2,(H,20,22)/b6-5+. The topological polar surface area (TPSA) is 41.6 Å². The van der Waals surface area contributed by atoms with Gasteiger partial charge in [-0.05, 0) is 39.6 Å². The fourth-order valence-electron chi connectivity index (χ4n) is 2.57. The number of benzene rings is 1. The van der Waals surface area contributed by atoms with Crippen molar-refractivity contribution < 1.29 is 9.53 Å². The van der Waals surface area contributed by atoms with E-state index in [0.717, 1.165) is 44.0 Å². The van der Waals surface area contributed by atoms with Crippen molar-refractivity contribution in [1.29, 1.82) is 0 Å². The summed E-state index contributed by atoms with van der Waals surface area (Å²) in [6, 6.07) is 10.4. The van der Waals surface area contributed by atoms with Crippen LogP contribution in [0, 0.1) is 0 Å². The van der Waals surface area contributed by atoms with Gasteiger partial charge in [0.1, 0.15) is 0 Å². The Kier molecular flexibility index (Phi) is 6.18. The number of carbonyl (C=O) groups excluding carboxylic acids is 1. The van der Waals surface area contributed by atoms with Crippen LogP contribution in [0.4, 0.5) is 0 Å². The highest BCUT2D eigenvalue weighted by atomic mass is 32.1. The van der Waals surface area contributed by atoms with Gasteiger partial charge in [-0.15, -0.1) is 0 Å². The van der Waals surface area contributed by atoms with Crippen molar-refractivity contribution in [2.24, 2.45) is 0 Å². The minimum atomic E-state index is -0.0707. The molecule has 0 unspecified atom stereocenters. The zero-order valence-electron chi connectivity index (χ0n) is 13.6. The summed E-state index contributed by atoms with van der Waals surface area (Å²) in [5.41, 5.74) is 3.46. The summed E-state index contributed by atoms with van der Waals surface area (Å²) < 4.78 is 5.37. The lowest BCUT2D eigenvalue weighted by atomic mass is 10.1. The largest absolute Gasteiger partial charge is 0.379 e. The lowest BCUT2D eigenvalue weighted by Gasteiger charge is -2.26. The molecular weight excluding hydrogens is 320 g/mol. The smallest absolute Gasteiger partial charge is 0.244 e. The van der Waals surface area contributed by atoms with Crippen molar-refractivity contribution in [3.63, 3.8) is 0 Å². The predicted molar refractivity (Wildman–Crippen MR) is 97.7 cm³/mol. The first-order valence-corrected chi connectivity index (χ1v) is 9.10. The third kappa shape index (κ3) is 5.30. The Bertz CT molecular complexity index is 659. The van der Waals surface area contributed by atoms with Gasteiger partial charge in [-0.2, -0.15) is 11.3 Å². The van der Waals surface area contributed by atoms with E-state index in [4.69, 9.17) is 4.74 Å². The van der Waals surface area contributed by atoms with Gasteiger partial charge in [0.15, 0.2) is 0 Å². The zero-order valence-corrected chi connectivity index (χ0v) is 14.4. The second-order valence-corrected chi connectivity index (χ2v) is 6.59. The van der Waals surface area contributed by atoms with Crippen LogP contribution in [0.25, 0.3) is 6.08 Å². The van der Waals surface area contributed by atoms with E-state index < -0.39 is 0 Å². The molecule has 1 N–H and O–H groups in total. The number of hydrogen-bond acceptors (Lipinski definition) is 4. The quantitative estimate of drug-likeness (QED) is 0.821. The minimum absolute atomic E-state index is 0.0707. The van der Waals surface area contributed by atoms with Crippen LogP contribution >= 0.6 is 11.3 Å². The lowest BCUT2D eigenvalue weighted by molar-refractivity contribution is -0.116. The predicted octanol–water partition coefficient (Wildman–Crippen LogP) is 2.91. The van der Waals surface area contributed by atoms with Crippen molar-refractivity contribution in [3.05, 3.63) is 63.9 Å². The molecule has 0 saturated carbocycles. The van der Waals surface area contributed by atoms with Crippen LogP contribution in [0.2, 0.25) is 0 Å². The van der Waals surface area contributed by atoms with Crippen LogP contribution in [-0.4, -0.2) is 37.1 Å². The molecule has 0 aliphatic carbocycles. The summed E-state index contributed by atoms with van der Waals surface area (Å²) in [7, 11) is 0. The number of rotatable bonds is 6. The molecule has 0 spiro atoms. The van der Waals surface area contributed by atoms with E-state index in [0.29, 0.717) is 6.54 Å². The first kappa shape index (κ1) is 16.9. The Balaban J connectivity index is 1.44. The molecule has 1 aliphatic heterocycles. The molecule has 5 heteroatoms. The molecule has 3 rings (SSSR count). The highest BCUT2D eigenvalue weighted by Crippen LogP contribution is 2.10. The van der Waals surface area contributed by atoms with Gasteiger partial charge in [-0.25, -0.2) is 0 Å². The van der Waals surface area contributed by atoms with Gasteiger partial charge in [-0.3, -0.25) is 9.69 Å². The van der Waals surface area contributed by atoms with Crippen molar-refractivity contribution in [1.82, 2.24) is 10.2 Å². The summed E-state index contributed by atoms with van der Waals surface area (Å²) in [6.45, 7) is 5.14. The maximum Gasteiger partial charge on any atom is 0.244 e. The molecule has 24 heavy (non-hydrogen) atoms. The molecule has 0 atom stereocenters. The molecule has 1 aromatic carbocycles. The first-order chi connectivity index (χ1) is 11.8. The molecule has 126 valence electrons. The summed E-state index contributed by atoms with van der Waals surface area (Å²) in [5, 5.41) is 6.92. The van der Waals surface area contributed by atoms with Gasteiger partial charge in [-0.1, -0.05) is 24.3 Å². The van der Waals surface area contributed by atoms with E-state index in [2.05, 4.69) is 34.5 Å². The summed E-state index contributed by atoms with van der Waals surface area (Å²) in [4.78, 5) is 14.2. The average molecular weight is 342 g/mol. The number of amides is 1. The summed E-state index contributed by atoms with van der Waals surface area (Å²) in [5.74, 6) is -0.0707. The number of carbonyl (C=O) groups is 1. The minimum Gasteiger partial charge on any atom is -0.379 e. The Morgan fingerprint density at radius 3 is 2.62 bits per heavy atom. The monoisotopic (exact) mass is 342 g/mol. The third-order valence-corrected chi connectivity index (χ3v) is 4.67. The number of thiophene rings is 1. The zero-order chi connectivity index (χ0) is 16.6. The Morgan fingerprint density at radius 2 is 1.92 bits per heavy atom. The molecule has 2 heterocycles. The SMILES string of the molecule is O=C(/C=C/c1ccsc1)NCc1ccc(CN2CCOCC2)cc1. The summed E-state index contributed by atoms with van der Waals surface area (Å²) in [6.07, 6.45) is 3.41. The highest BCUT2D eigenvalue weighted by Gasteiger charge is 2.10. The van der Waals surface area contributed by atoms with Crippen LogP contribution in [0.1, 0.15) is 16.7 Å². The number of hydrogen-bond donors (Lipinski definition) is 1. The van der Waals surface area contributed by atoms with Gasteiger partial charge in [0.2, 0.25) is 5.91 Å². The van der Waals surface area contributed by atoms with E-state index in [9.17, 15) is 4.79 Å². The Morgan fingerprint density at radius 1 is 1.17 bits per heavy atom. The molecule has 2 aromatic rings. The molecular formula is C19H22N2O2S. The van der Waals surface area contributed by atoms with Crippen LogP contribution in [0.3, 0.4) is 0 Å². The van der Waals surface area contributed by atoms with Gasteiger partial charge in [0.25, 0.3) is 0 Å². The van der Waals surface area contributed by atoms with E-state index in [1.165, 1.54) is 5.56 Å². The Labute approximate surface area is 146 Å². The normalized spacial score (nSPS) is 15.7. The number of ether oxygens (including phenoxy) is 1. The van der Waals surface area contributed by atoms with E-state index in [1.54, 1.807) is 17.4 Å². The molecule has 1 amide bonds. The number of morpholine rings is 1. The molecule has 1 fully saturated rings. The first-order valence-electron chi connectivity index (χ1n) is 8.15. The van der Waals surface area contributed by atoms with Gasteiger partial charge >= 0.3 is 0 Å². The van der Waals surface area contributed by atoms with Crippen molar-refractivity contribution >= 4 is 23.3 Å². The van der Waals surface area contributed by atoms with Crippen LogP contribution in [0.5, 0.6) is 0 Å². The molecule has 0 bridgehead atoms. The highest BCUT2D eigenvalue weighted by molar-refractivity contribution is 7.08. The molecule has 1 saturated heterocycles. The van der Waals surface area contributed by atoms with Crippen LogP contribution in [0.15, 0.2) is 47.2 Å². The third-order valence-electron chi connectivity index (χ3n) is 3.97. The van der Waals surface area contributed by atoms with E-state index in [1.807, 2.05) is 22.9 Å². The number of nitrogens with one attached hydrogen (secondary N) is 1. The van der Waals surface area contributed by atoms with Crippen molar-refractivity contribution in [2.75, 3.05) is 26.3 Å². The number of nitrogens with zero attached hydrogens (tertiary/aromatic N) is 1. The van der Waals surface area contributed by atoms with Crippen LogP contribution < -0.4 is 5.32 Å². The Hall–Kier alpha value is -1.95.